The highest BCUT2D eigenvalue weighted by atomic mass is 35.5. The highest BCUT2D eigenvalue weighted by Crippen LogP contribution is 2.27. The third kappa shape index (κ3) is 2.65. The molecule has 0 amide bonds. The summed E-state index contributed by atoms with van der Waals surface area (Å²) in [5, 5.41) is -0.0551. The fourth-order valence-electron chi connectivity index (χ4n) is 2.54. The molecule has 1 saturated carbocycles. The van der Waals surface area contributed by atoms with Gasteiger partial charge in [-0.25, -0.2) is 9.18 Å². The summed E-state index contributed by atoms with van der Waals surface area (Å²) in [6, 6.07) is 5.62. The van der Waals surface area contributed by atoms with E-state index in [1.54, 1.807) is 6.07 Å². The van der Waals surface area contributed by atoms with Crippen molar-refractivity contribution in [2.24, 2.45) is 5.92 Å². The maximum Gasteiger partial charge on any atom is 0.329 e. The molecular weight excluding hydrogens is 295 g/mol. The molecule has 0 saturated heterocycles. The normalized spacial score (nSPS) is 15.0. The van der Waals surface area contributed by atoms with E-state index in [1.807, 2.05) is 0 Å². The largest absolute Gasteiger partial charge is 0.329 e. The van der Waals surface area contributed by atoms with Crippen LogP contribution in [0.15, 0.2) is 33.9 Å². The van der Waals surface area contributed by atoms with Gasteiger partial charge in [-0.3, -0.25) is 14.3 Å². The first-order chi connectivity index (χ1) is 10.1. The molecule has 0 aliphatic heterocycles. The van der Waals surface area contributed by atoms with Gasteiger partial charge in [-0.15, -0.1) is 0 Å². The van der Waals surface area contributed by atoms with Crippen molar-refractivity contribution in [1.82, 2.24) is 9.55 Å². The molecule has 6 heteroatoms. The van der Waals surface area contributed by atoms with Gasteiger partial charge >= 0.3 is 5.69 Å². The number of halogens is 2. The molecule has 0 atom stereocenters. The molecule has 1 aliphatic rings. The number of aromatic nitrogens is 2. The summed E-state index contributed by atoms with van der Waals surface area (Å²) in [5.74, 6) is -0.106. The maximum atomic E-state index is 13.3. The first-order valence-corrected chi connectivity index (χ1v) is 7.22. The van der Waals surface area contributed by atoms with Gasteiger partial charge in [0, 0.05) is 6.54 Å². The molecule has 0 spiro atoms. The van der Waals surface area contributed by atoms with E-state index in [0.717, 1.165) is 23.8 Å². The van der Waals surface area contributed by atoms with E-state index >= 15 is 0 Å². The first kappa shape index (κ1) is 14.1. The maximum absolute atomic E-state index is 13.3. The highest BCUT2D eigenvalue weighted by molar-refractivity contribution is 6.32. The van der Waals surface area contributed by atoms with E-state index < -0.39 is 17.1 Å². The van der Waals surface area contributed by atoms with Gasteiger partial charge in [-0.2, -0.15) is 0 Å². The second-order valence-electron chi connectivity index (χ2n) is 5.34. The summed E-state index contributed by atoms with van der Waals surface area (Å²) in [5.41, 5.74) is -0.489. The van der Waals surface area contributed by atoms with Crippen molar-refractivity contribution in [2.45, 2.75) is 25.8 Å². The molecule has 2 aromatic rings. The number of nitrogens with zero attached hydrogens (tertiary/aromatic N) is 1. The van der Waals surface area contributed by atoms with Crippen LogP contribution in [-0.4, -0.2) is 9.55 Å². The fourth-order valence-corrected chi connectivity index (χ4v) is 2.81. The van der Waals surface area contributed by atoms with Crippen molar-refractivity contribution in [3.05, 3.63) is 56.1 Å². The van der Waals surface area contributed by atoms with Crippen molar-refractivity contribution in [2.75, 3.05) is 0 Å². The van der Waals surface area contributed by atoms with Crippen LogP contribution < -0.4 is 11.2 Å². The van der Waals surface area contributed by atoms with Gasteiger partial charge in [0.15, 0.2) is 0 Å². The first-order valence-electron chi connectivity index (χ1n) is 6.85. The molecule has 4 nitrogen and oxygen atoms in total. The lowest BCUT2D eigenvalue weighted by molar-refractivity contribution is 0.270. The summed E-state index contributed by atoms with van der Waals surface area (Å²) in [4.78, 5) is 26.9. The number of H-pyrrole nitrogens is 1. The van der Waals surface area contributed by atoms with Crippen molar-refractivity contribution in [3.63, 3.8) is 0 Å². The zero-order chi connectivity index (χ0) is 15.0. The minimum absolute atomic E-state index is 0.0551. The van der Waals surface area contributed by atoms with Crippen LogP contribution in [0.3, 0.4) is 0 Å². The predicted molar refractivity (Wildman–Crippen MR) is 79.1 cm³/mol. The van der Waals surface area contributed by atoms with Crippen molar-refractivity contribution >= 4 is 11.6 Å². The van der Waals surface area contributed by atoms with E-state index in [9.17, 15) is 14.0 Å². The van der Waals surface area contributed by atoms with Crippen LogP contribution in [-0.2, 0) is 6.54 Å². The zero-order valence-electron chi connectivity index (χ0n) is 11.2. The molecule has 110 valence electrons. The summed E-state index contributed by atoms with van der Waals surface area (Å²) in [7, 11) is 0. The topological polar surface area (TPSA) is 54.9 Å². The zero-order valence-corrected chi connectivity index (χ0v) is 12.0. The van der Waals surface area contributed by atoms with Crippen LogP contribution in [0.4, 0.5) is 4.39 Å². The van der Waals surface area contributed by atoms with E-state index in [-0.39, 0.29) is 10.7 Å². The lowest BCUT2D eigenvalue weighted by atomic mass is 9.85. The molecule has 21 heavy (non-hydrogen) atoms. The molecule has 0 unspecified atom stereocenters. The Hall–Kier alpha value is -1.88. The Kier molecular flexibility index (Phi) is 3.68. The van der Waals surface area contributed by atoms with E-state index in [0.29, 0.717) is 18.0 Å². The van der Waals surface area contributed by atoms with Gasteiger partial charge in [0.05, 0.1) is 5.56 Å². The Bertz CT molecular complexity index is 793. The lowest BCUT2D eigenvalue weighted by Gasteiger charge is -2.25. The fraction of sp³-hybridized carbons (Fsp3) is 0.333. The summed E-state index contributed by atoms with van der Waals surface area (Å²) in [6.45, 7) is 0.383. The number of hydrogen-bond donors (Lipinski definition) is 1. The van der Waals surface area contributed by atoms with E-state index in [4.69, 9.17) is 11.6 Å². The molecule has 1 aliphatic carbocycles. The Morgan fingerprint density at radius 3 is 2.71 bits per heavy atom. The molecule has 1 aromatic heterocycles. The minimum atomic E-state index is -0.517. The van der Waals surface area contributed by atoms with Crippen LogP contribution in [0.5, 0.6) is 0 Å². The van der Waals surface area contributed by atoms with Crippen molar-refractivity contribution < 1.29 is 4.39 Å². The van der Waals surface area contributed by atoms with Crippen LogP contribution >= 0.6 is 11.6 Å². The van der Waals surface area contributed by atoms with Crippen molar-refractivity contribution in [1.29, 1.82) is 0 Å². The molecule has 0 bridgehead atoms. The standard InChI is InChI=1S/C15H14ClFN2O2/c16-13-12(10-5-2-6-11(17)7-10)14(20)19(15(21)18-13)8-9-3-1-4-9/h2,5-7,9H,1,3-4,8H2,(H,18,21). The summed E-state index contributed by atoms with van der Waals surface area (Å²) in [6.07, 6.45) is 3.16. The van der Waals surface area contributed by atoms with Gasteiger partial charge < -0.3 is 0 Å². The Morgan fingerprint density at radius 1 is 1.33 bits per heavy atom. The number of rotatable bonds is 3. The van der Waals surface area contributed by atoms with Gasteiger partial charge in [-0.1, -0.05) is 30.2 Å². The second kappa shape index (κ2) is 5.48. The smallest absolute Gasteiger partial charge is 0.297 e. The van der Waals surface area contributed by atoms with Crippen molar-refractivity contribution in [3.8, 4) is 11.1 Å². The molecule has 0 radical (unpaired) electrons. The number of aromatic amines is 1. The van der Waals surface area contributed by atoms with Crippen LogP contribution in [0.25, 0.3) is 11.1 Å². The molecule has 1 N–H and O–H groups in total. The minimum Gasteiger partial charge on any atom is -0.297 e. The van der Waals surface area contributed by atoms with Crippen LogP contribution in [0.2, 0.25) is 5.15 Å². The summed E-state index contributed by atoms with van der Waals surface area (Å²) < 4.78 is 14.5. The molecule has 1 aromatic carbocycles. The van der Waals surface area contributed by atoms with E-state index in [2.05, 4.69) is 4.98 Å². The number of nitrogens with one attached hydrogen (secondary N) is 1. The number of hydrogen-bond acceptors (Lipinski definition) is 2. The molecule has 3 rings (SSSR count). The molecular formula is C15H14ClFN2O2. The van der Waals surface area contributed by atoms with E-state index in [1.165, 1.54) is 18.2 Å². The van der Waals surface area contributed by atoms with Crippen LogP contribution in [0, 0.1) is 11.7 Å². The molecule has 1 heterocycles. The van der Waals surface area contributed by atoms with Gasteiger partial charge in [-0.05, 0) is 36.5 Å². The Labute approximate surface area is 125 Å². The van der Waals surface area contributed by atoms with Crippen LogP contribution in [0.1, 0.15) is 19.3 Å². The average molecular weight is 309 g/mol. The Balaban J connectivity index is 2.14. The third-order valence-electron chi connectivity index (χ3n) is 3.92. The Morgan fingerprint density at radius 2 is 2.10 bits per heavy atom. The average Bonchev–Trinajstić information content (AvgIpc) is 2.36. The monoisotopic (exact) mass is 308 g/mol. The van der Waals surface area contributed by atoms with Gasteiger partial charge in [0.2, 0.25) is 0 Å². The second-order valence-corrected chi connectivity index (χ2v) is 5.72. The van der Waals surface area contributed by atoms with Gasteiger partial charge in [0.1, 0.15) is 11.0 Å². The summed E-state index contributed by atoms with van der Waals surface area (Å²) >= 11 is 5.99. The lowest BCUT2D eigenvalue weighted by Crippen LogP contribution is -2.39. The predicted octanol–water partition coefficient (Wildman–Crippen LogP) is 2.80. The quantitative estimate of drug-likeness (QED) is 0.886. The number of benzene rings is 1. The SMILES string of the molecule is O=c1[nH]c(Cl)c(-c2cccc(F)c2)c(=O)n1CC1CCC1. The van der Waals surface area contributed by atoms with Gasteiger partial charge in [0.25, 0.3) is 5.56 Å². The molecule has 1 fully saturated rings. The third-order valence-corrected chi connectivity index (χ3v) is 4.20. The highest BCUT2D eigenvalue weighted by Gasteiger charge is 2.22.